The van der Waals surface area contributed by atoms with E-state index in [1.807, 2.05) is 41.0 Å². The zero-order valence-electron chi connectivity index (χ0n) is 19.1. The van der Waals surface area contributed by atoms with Crippen molar-refractivity contribution < 1.29 is 23.9 Å². The summed E-state index contributed by atoms with van der Waals surface area (Å²) in [5, 5.41) is 14.3. The summed E-state index contributed by atoms with van der Waals surface area (Å²) < 4.78 is 17.5. The molecular weight excluding hydrogens is 454 g/mol. The van der Waals surface area contributed by atoms with Crippen molar-refractivity contribution in [2.24, 2.45) is 0 Å². The standard InChI is InChI=1S/C24H23N5O6/c1-33-9-10-35-22-12-20(29(31)32)17(11-21(22)34-2)24(30)26-14-16-7-8-23(25-13-16)28-15-27-18-5-3-4-6-19(18)28/h3-8,11-13,15H,9-10,14H2,1-2H3,(H,26,30). The number of carbonyl (C=O) groups is 1. The number of ether oxygens (including phenoxy) is 3. The number of nitrogens with one attached hydrogen (secondary N) is 1. The maximum Gasteiger partial charge on any atom is 0.286 e. The number of imidazole rings is 1. The van der Waals surface area contributed by atoms with Crippen molar-refractivity contribution in [3.63, 3.8) is 0 Å². The number of rotatable bonds is 10. The van der Waals surface area contributed by atoms with Gasteiger partial charge in [-0.15, -0.1) is 0 Å². The highest BCUT2D eigenvalue weighted by Crippen LogP contribution is 2.34. The summed E-state index contributed by atoms with van der Waals surface area (Å²) in [7, 11) is 2.90. The Morgan fingerprint density at radius 1 is 1.09 bits per heavy atom. The molecule has 180 valence electrons. The second kappa shape index (κ2) is 10.6. The molecule has 11 nitrogen and oxygen atoms in total. The number of carbonyl (C=O) groups excluding carboxylic acids is 1. The van der Waals surface area contributed by atoms with Crippen molar-refractivity contribution in [2.45, 2.75) is 6.54 Å². The molecule has 0 unspecified atom stereocenters. The molecule has 0 atom stereocenters. The van der Waals surface area contributed by atoms with Crippen LogP contribution in [0.2, 0.25) is 0 Å². The SMILES string of the molecule is COCCOc1cc([N+](=O)[O-])c(C(=O)NCc2ccc(-n3cnc4ccccc43)nc2)cc1OC. The van der Waals surface area contributed by atoms with E-state index < -0.39 is 16.5 Å². The van der Waals surface area contributed by atoms with E-state index >= 15 is 0 Å². The Balaban J connectivity index is 1.49. The van der Waals surface area contributed by atoms with Gasteiger partial charge in [-0.2, -0.15) is 0 Å². The van der Waals surface area contributed by atoms with Crippen LogP contribution in [0.3, 0.4) is 0 Å². The number of hydrogen-bond acceptors (Lipinski definition) is 8. The van der Waals surface area contributed by atoms with Gasteiger partial charge in [-0.1, -0.05) is 18.2 Å². The van der Waals surface area contributed by atoms with E-state index in [1.54, 1.807) is 12.5 Å². The van der Waals surface area contributed by atoms with Crippen molar-refractivity contribution in [1.29, 1.82) is 0 Å². The lowest BCUT2D eigenvalue weighted by molar-refractivity contribution is -0.385. The minimum Gasteiger partial charge on any atom is -0.493 e. The van der Waals surface area contributed by atoms with Crippen molar-refractivity contribution >= 4 is 22.6 Å². The van der Waals surface area contributed by atoms with E-state index in [-0.39, 0.29) is 30.2 Å². The number of pyridine rings is 1. The maximum absolute atomic E-state index is 12.8. The molecule has 0 aliphatic heterocycles. The number of methoxy groups -OCH3 is 2. The Bertz CT molecular complexity index is 1350. The molecule has 0 saturated carbocycles. The fourth-order valence-electron chi connectivity index (χ4n) is 3.47. The minimum absolute atomic E-state index is 0.127. The molecule has 2 heterocycles. The van der Waals surface area contributed by atoms with Gasteiger partial charge in [0.15, 0.2) is 11.5 Å². The highest BCUT2D eigenvalue weighted by Gasteiger charge is 2.24. The second-order valence-electron chi connectivity index (χ2n) is 7.43. The average Bonchev–Trinajstić information content (AvgIpc) is 3.31. The number of benzene rings is 2. The van der Waals surface area contributed by atoms with E-state index in [1.165, 1.54) is 26.4 Å². The van der Waals surface area contributed by atoms with Gasteiger partial charge in [-0.05, 0) is 23.8 Å². The normalized spacial score (nSPS) is 10.8. The van der Waals surface area contributed by atoms with Crippen molar-refractivity contribution in [3.05, 3.63) is 82.3 Å². The number of fused-ring (bicyclic) bond motifs is 1. The molecule has 0 bridgehead atoms. The van der Waals surface area contributed by atoms with E-state index in [4.69, 9.17) is 14.2 Å². The third-order valence-electron chi connectivity index (χ3n) is 5.23. The first-order valence-electron chi connectivity index (χ1n) is 10.7. The van der Waals surface area contributed by atoms with Gasteiger partial charge in [0.2, 0.25) is 0 Å². The van der Waals surface area contributed by atoms with E-state index in [0.29, 0.717) is 12.4 Å². The first kappa shape index (κ1) is 23.6. The molecule has 11 heteroatoms. The number of nitro groups is 1. The molecule has 1 amide bonds. The van der Waals surface area contributed by atoms with Gasteiger partial charge >= 0.3 is 0 Å². The highest BCUT2D eigenvalue weighted by atomic mass is 16.6. The van der Waals surface area contributed by atoms with Crippen molar-refractivity contribution in [3.8, 4) is 17.3 Å². The first-order chi connectivity index (χ1) is 17.0. The Morgan fingerprint density at radius 2 is 1.91 bits per heavy atom. The average molecular weight is 477 g/mol. The fourth-order valence-corrected chi connectivity index (χ4v) is 3.47. The van der Waals surface area contributed by atoms with Gasteiger partial charge in [0, 0.05) is 25.9 Å². The van der Waals surface area contributed by atoms with E-state index in [9.17, 15) is 14.9 Å². The molecule has 4 rings (SSSR count). The quantitative estimate of drug-likeness (QED) is 0.209. The molecule has 2 aromatic heterocycles. The summed E-state index contributed by atoms with van der Waals surface area (Å²) in [5.41, 5.74) is 1.98. The van der Waals surface area contributed by atoms with Crippen LogP contribution < -0.4 is 14.8 Å². The molecule has 1 N–H and O–H groups in total. The van der Waals surface area contributed by atoms with Gasteiger partial charge in [-0.25, -0.2) is 9.97 Å². The number of nitro benzene ring substituents is 1. The summed E-state index contributed by atoms with van der Waals surface area (Å²) in [5.74, 6) is 0.413. The van der Waals surface area contributed by atoms with Crippen molar-refractivity contribution in [2.75, 3.05) is 27.4 Å². The number of amides is 1. The molecule has 2 aromatic carbocycles. The number of aromatic nitrogens is 3. The van der Waals surface area contributed by atoms with Crippen LogP contribution in [0.4, 0.5) is 5.69 Å². The predicted octanol–water partition coefficient (Wildman–Crippen LogP) is 3.29. The number of nitrogens with zero attached hydrogens (tertiary/aromatic N) is 4. The first-order valence-corrected chi connectivity index (χ1v) is 10.7. The van der Waals surface area contributed by atoms with Crippen LogP contribution in [-0.4, -0.2) is 52.8 Å². The lowest BCUT2D eigenvalue weighted by atomic mass is 10.1. The van der Waals surface area contributed by atoms with Crippen LogP contribution in [0.1, 0.15) is 15.9 Å². The molecule has 0 spiro atoms. The van der Waals surface area contributed by atoms with Crippen LogP contribution >= 0.6 is 0 Å². The largest absolute Gasteiger partial charge is 0.493 e. The van der Waals surface area contributed by atoms with Gasteiger partial charge in [0.05, 0.1) is 35.7 Å². The van der Waals surface area contributed by atoms with Gasteiger partial charge in [-0.3, -0.25) is 19.5 Å². The third-order valence-corrected chi connectivity index (χ3v) is 5.23. The van der Waals surface area contributed by atoms with Crippen LogP contribution in [0.5, 0.6) is 11.5 Å². The van der Waals surface area contributed by atoms with Gasteiger partial charge in [0.25, 0.3) is 11.6 Å². The predicted molar refractivity (Wildman–Crippen MR) is 127 cm³/mol. The van der Waals surface area contributed by atoms with Crippen molar-refractivity contribution in [1.82, 2.24) is 19.9 Å². The second-order valence-corrected chi connectivity index (χ2v) is 7.43. The Hall–Kier alpha value is -4.51. The van der Waals surface area contributed by atoms with Crippen LogP contribution in [-0.2, 0) is 11.3 Å². The molecule has 0 fully saturated rings. The maximum atomic E-state index is 12.8. The zero-order chi connectivity index (χ0) is 24.8. The summed E-state index contributed by atoms with van der Waals surface area (Å²) in [6.07, 6.45) is 3.33. The molecule has 35 heavy (non-hydrogen) atoms. The number of para-hydroxylation sites is 2. The molecule has 0 radical (unpaired) electrons. The smallest absolute Gasteiger partial charge is 0.286 e. The Morgan fingerprint density at radius 3 is 2.63 bits per heavy atom. The molecule has 0 saturated heterocycles. The Labute approximate surface area is 200 Å². The van der Waals surface area contributed by atoms with Crippen LogP contribution in [0.15, 0.2) is 61.1 Å². The topological polar surface area (TPSA) is 131 Å². The summed E-state index contributed by atoms with van der Waals surface area (Å²) >= 11 is 0. The van der Waals surface area contributed by atoms with Gasteiger partial charge in [0.1, 0.15) is 24.3 Å². The summed E-state index contributed by atoms with van der Waals surface area (Å²) in [4.78, 5) is 32.6. The fraction of sp³-hybridized carbons (Fsp3) is 0.208. The summed E-state index contributed by atoms with van der Waals surface area (Å²) in [6, 6.07) is 13.8. The Kier molecular flexibility index (Phi) is 7.17. The van der Waals surface area contributed by atoms with Gasteiger partial charge < -0.3 is 19.5 Å². The molecule has 0 aliphatic rings. The molecule has 0 aliphatic carbocycles. The third kappa shape index (κ3) is 5.20. The van der Waals surface area contributed by atoms with E-state index in [0.717, 1.165) is 16.6 Å². The lowest BCUT2D eigenvalue weighted by Gasteiger charge is -2.13. The van der Waals surface area contributed by atoms with E-state index in [2.05, 4.69) is 15.3 Å². The highest BCUT2D eigenvalue weighted by molar-refractivity contribution is 5.99. The molecule has 4 aromatic rings. The summed E-state index contributed by atoms with van der Waals surface area (Å²) in [6.45, 7) is 0.596. The number of hydrogen-bond donors (Lipinski definition) is 1. The zero-order valence-corrected chi connectivity index (χ0v) is 19.1. The van der Waals surface area contributed by atoms with Crippen LogP contribution in [0.25, 0.3) is 16.9 Å². The monoisotopic (exact) mass is 477 g/mol. The lowest BCUT2D eigenvalue weighted by Crippen LogP contribution is -2.24. The van der Waals surface area contributed by atoms with Crippen LogP contribution in [0, 0.1) is 10.1 Å². The minimum atomic E-state index is -0.636. The molecular formula is C24H23N5O6.